The number of nitro groups is 1. The molecular weight excluding hydrogens is 399 g/mol. The van der Waals surface area contributed by atoms with Gasteiger partial charge in [-0.3, -0.25) is 19.7 Å². The summed E-state index contributed by atoms with van der Waals surface area (Å²) >= 11 is 0. The van der Waals surface area contributed by atoms with E-state index in [4.69, 9.17) is 4.74 Å². The highest BCUT2D eigenvalue weighted by molar-refractivity contribution is 5.97. The molecule has 0 saturated heterocycles. The fraction of sp³-hybridized carbons (Fsp3) is 0.250. The summed E-state index contributed by atoms with van der Waals surface area (Å²) < 4.78 is 23.4. The summed E-state index contributed by atoms with van der Waals surface area (Å²) in [6.07, 6.45) is -0.342. The van der Waals surface area contributed by atoms with Gasteiger partial charge in [0.2, 0.25) is 0 Å². The van der Waals surface area contributed by atoms with Crippen LogP contribution >= 0.6 is 0 Å². The maximum Gasteiger partial charge on any atom is 0.329 e. The van der Waals surface area contributed by atoms with Crippen LogP contribution in [0.5, 0.6) is 0 Å². The topological polar surface area (TPSA) is 125 Å². The minimum Gasteiger partial charge on any atom is -0.469 e. The lowest BCUT2D eigenvalue weighted by Gasteiger charge is -2.26. The Morgan fingerprint density at radius 1 is 1.07 bits per heavy atom. The van der Waals surface area contributed by atoms with Crippen LogP contribution in [0.25, 0.3) is 0 Å². The van der Waals surface area contributed by atoms with Crippen molar-refractivity contribution in [3.05, 3.63) is 75.6 Å². The van der Waals surface area contributed by atoms with E-state index in [1.807, 2.05) is 0 Å². The third kappa shape index (κ3) is 5.37. The number of esters is 2. The molecule has 0 radical (unpaired) electrons. The van der Waals surface area contributed by atoms with Gasteiger partial charge in [0.15, 0.2) is 0 Å². The van der Waals surface area contributed by atoms with E-state index in [9.17, 15) is 28.9 Å². The van der Waals surface area contributed by atoms with Gasteiger partial charge < -0.3 is 14.8 Å². The molecule has 0 spiro atoms. The molecule has 158 valence electrons. The number of hydrogen-bond acceptors (Lipinski definition) is 7. The minimum atomic E-state index is -1.39. The molecule has 0 saturated carbocycles. The number of non-ortho nitro benzene ring substituents is 1. The van der Waals surface area contributed by atoms with Crippen molar-refractivity contribution in [2.75, 3.05) is 14.2 Å². The number of carbonyl (C=O) groups is 3. The first-order valence-corrected chi connectivity index (χ1v) is 8.72. The van der Waals surface area contributed by atoms with Gasteiger partial charge in [-0.2, -0.15) is 0 Å². The zero-order valence-electron chi connectivity index (χ0n) is 16.2. The van der Waals surface area contributed by atoms with E-state index in [1.165, 1.54) is 42.5 Å². The molecule has 30 heavy (non-hydrogen) atoms. The quantitative estimate of drug-likeness (QED) is 0.396. The number of carbonyl (C=O) groups excluding carboxylic acids is 3. The Morgan fingerprint density at radius 3 is 2.23 bits per heavy atom. The van der Waals surface area contributed by atoms with Crippen LogP contribution < -0.4 is 5.32 Å². The first-order valence-electron chi connectivity index (χ1n) is 8.72. The van der Waals surface area contributed by atoms with E-state index in [0.717, 1.165) is 20.3 Å². The highest BCUT2D eigenvalue weighted by atomic mass is 19.1. The van der Waals surface area contributed by atoms with Crippen molar-refractivity contribution in [2.45, 2.75) is 18.4 Å². The summed E-state index contributed by atoms with van der Waals surface area (Å²) in [5.41, 5.74) is -0.150. The molecule has 0 aliphatic carbocycles. The average Bonchev–Trinajstić information content (AvgIpc) is 2.75. The largest absolute Gasteiger partial charge is 0.469 e. The predicted octanol–water partition coefficient (Wildman–Crippen LogP) is 2.35. The van der Waals surface area contributed by atoms with Gasteiger partial charge in [-0.05, 0) is 17.7 Å². The molecule has 2 aromatic carbocycles. The van der Waals surface area contributed by atoms with Gasteiger partial charge in [0.1, 0.15) is 11.9 Å². The minimum absolute atomic E-state index is 0.194. The zero-order chi connectivity index (χ0) is 22.3. The number of hydrogen-bond donors (Lipinski definition) is 1. The number of amides is 1. The first-order chi connectivity index (χ1) is 14.3. The van der Waals surface area contributed by atoms with Crippen molar-refractivity contribution in [1.82, 2.24) is 5.32 Å². The van der Waals surface area contributed by atoms with Crippen LogP contribution in [-0.4, -0.2) is 43.0 Å². The smallest absolute Gasteiger partial charge is 0.329 e. The zero-order valence-corrected chi connectivity index (χ0v) is 16.2. The normalized spacial score (nSPS) is 12.4. The Hall–Kier alpha value is -3.82. The molecule has 0 heterocycles. The Labute approximate surface area is 170 Å². The molecule has 2 atom stereocenters. The third-order valence-corrected chi connectivity index (χ3v) is 4.41. The first kappa shape index (κ1) is 22.5. The summed E-state index contributed by atoms with van der Waals surface area (Å²) in [7, 11) is 2.25. The van der Waals surface area contributed by atoms with E-state index in [0.29, 0.717) is 5.56 Å². The SMILES string of the molecule is COC(=O)C[C@H](c1ccc([N+](=O)[O-])cc1)[C@H](NC(=O)c1ccccc1F)C(=O)OC. The van der Waals surface area contributed by atoms with Gasteiger partial charge in [0.25, 0.3) is 11.6 Å². The van der Waals surface area contributed by atoms with Crippen molar-refractivity contribution in [3.63, 3.8) is 0 Å². The van der Waals surface area contributed by atoms with Crippen LogP contribution in [-0.2, 0) is 19.1 Å². The van der Waals surface area contributed by atoms with Crippen LogP contribution in [0.15, 0.2) is 48.5 Å². The Bertz CT molecular complexity index is 946. The maximum absolute atomic E-state index is 14.0. The number of nitrogens with zero attached hydrogens (tertiary/aromatic N) is 1. The van der Waals surface area contributed by atoms with Crippen LogP contribution in [0.1, 0.15) is 28.3 Å². The summed E-state index contributed by atoms with van der Waals surface area (Å²) in [5.74, 6) is -4.24. The maximum atomic E-state index is 14.0. The van der Waals surface area contributed by atoms with Crippen molar-refractivity contribution in [2.24, 2.45) is 0 Å². The van der Waals surface area contributed by atoms with Crippen LogP contribution in [0.4, 0.5) is 10.1 Å². The number of ether oxygens (including phenoxy) is 2. The van der Waals surface area contributed by atoms with Crippen molar-refractivity contribution in [1.29, 1.82) is 0 Å². The van der Waals surface area contributed by atoms with E-state index in [2.05, 4.69) is 10.1 Å². The van der Waals surface area contributed by atoms with Crippen LogP contribution in [0, 0.1) is 15.9 Å². The van der Waals surface area contributed by atoms with Gasteiger partial charge in [0.05, 0.1) is 31.1 Å². The average molecular weight is 418 g/mol. The number of rotatable bonds is 8. The molecule has 2 rings (SSSR count). The molecule has 0 unspecified atom stereocenters. The molecule has 0 bridgehead atoms. The second-order valence-electron chi connectivity index (χ2n) is 6.19. The second-order valence-corrected chi connectivity index (χ2v) is 6.19. The Kier molecular flexibility index (Phi) is 7.56. The molecule has 0 aromatic heterocycles. The highest BCUT2D eigenvalue weighted by Crippen LogP contribution is 2.27. The Morgan fingerprint density at radius 2 is 1.70 bits per heavy atom. The van der Waals surface area contributed by atoms with Crippen molar-refractivity contribution < 1.29 is 33.2 Å². The summed E-state index contributed by atoms with van der Waals surface area (Å²) in [5, 5.41) is 13.3. The number of benzene rings is 2. The molecule has 1 amide bonds. The van der Waals surface area contributed by atoms with Gasteiger partial charge in [-0.15, -0.1) is 0 Å². The summed E-state index contributed by atoms with van der Waals surface area (Å²) in [4.78, 5) is 47.2. The molecule has 2 aromatic rings. The molecule has 0 fully saturated rings. The number of methoxy groups -OCH3 is 2. The lowest BCUT2D eigenvalue weighted by atomic mass is 9.88. The number of nitro benzene ring substituents is 1. The Balaban J connectivity index is 2.44. The number of halogens is 1. The standard InChI is InChI=1S/C20H19FN2O7/c1-29-17(24)11-15(12-7-9-13(10-8-12)23(27)28)18(20(26)30-2)22-19(25)14-5-3-4-6-16(14)21/h3-10,15,18H,11H2,1-2H3,(H,22,25)/t15-,18+/m1/s1. The summed E-state index contributed by atoms with van der Waals surface area (Å²) in [6.45, 7) is 0. The lowest BCUT2D eigenvalue weighted by Crippen LogP contribution is -2.46. The monoisotopic (exact) mass is 418 g/mol. The van der Waals surface area contributed by atoms with Gasteiger partial charge in [-0.1, -0.05) is 24.3 Å². The fourth-order valence-corrected chi connectivity index (χ4v) is 2.85. The molecule has 1 N–H and O–H groups in total. The fourth-order valence-electron chi connectivity index (χ4n) is 2.85. The molecule has 0 aliphatic rings. The van der Waals surface area contributed by atoms with E-state index >= 15 is 0 Å². The van der Waals surface area contributed by atoms with E-state index in [-0.39, 0.29) is 17.7 Å². The van der Waals surface area contributed by atoms with Crippen LogP contribution in [0.3, 0.4) is 0 Å². The van der Waals surface area contributed by atoms with E-state index in [1.54, 1.807) is 0 Å². The van der Waals surface area contributed by atoms with Gasteiger partial charge in [0, 0.05) is 18.1 Å². The summed E-state index contributed by atoms with van der Waals surface area (Å²) in [6, 6.07) is 8.91. The lowest BCUT2D eigenvalue weighted by molar-refractivity contribution is -0.384. The molecule has 0 aliphatic heterocycles. The van der Waals surface area contributed by atoms with Crippen LogP contribution in [0.2, 0.25) is 0 Å². The molecule has 9 nitrogen and oxygen atoms in total. The second kappa shape index (κ2) is 10.1. The van der Waals surface area contributed by atoms with Crippen molar-refractivity contribution >= 4 is 23.5 Å². The van der Waals surface area contributed by atoms with E-state index < -0.39 is 40.5 Å². The predicted molar refractivity (Wildman–Crippen MR) is 102 cm³/mol. The molecule has 10 heteroatoms. The number of nitrogens with one attached hydrogen (secondary N) is 1. The van der Waals surface area contributed by atoms with Crippen molar-refractivity contribution in [3.8, 4) is 0 Å². The van der Waals surface area contributed by atoms with Gasteiger partial charge >= 0.3 is 11.9 Å². The highest BCUT2D eigenvalue weighted by Gasteiger charge is 2.35. The van der Waals surface area contributed by atoms with Gasteiger partial charge in [-0.25, -0.2) is 9.18 Å². The third-order valence-electron chi connectivity index (χ3n) is 4.41. The molecular formula is C20H19FN2O7.